The van der Waals surface area contributed by atoms with Gasteiger partial charge in [0.1, 0.15) is 17.1 Å². The van der Waals surface area contributed by atoms with Crippen LogP contribution >= 0.6 is 0 Å². The highest BCUT2D eigenvalue weighted by Crippen LogP contribution is 2.37. The van der Waals surface area contributed by atoms with Gasteiger partial charge in [-0.15, -0.1) is 0 Å². The van der Waals surface area contributed by atoms with Crippen LogP contribution in [0.4, 0.5) is 0 Å². The van der Waals surface area contributed by atoms with Crippen LogP contribution in [0.5, 0.6) is 17.2 Å². The van der Waals surface area contributed by atoms with E-state index in [0.717, 1.165) is 11.1 Å². The molecule has 0 atom stereocenters. The zero-order valence-electron chi connectivity index (χ0n) is 15.0. The van der Waals surface area contributed by atoms with E-state index in [0.29, 0.717) is 40.2 Å². The van der Waals surface area contributed by atoms with Gasteiger partial charge in [0.05, 0.1) is 10.9 Å². The van der Waals surface area contributed by atoms with Gasteiger partial charge >= 0.3 is 0 Å². The smallest absolute Gasteiger partial charge is 0.231 e. The van der Waals surface area contributed by atoms with E-state index in [9.17, 15) is 9.90 Å². The lowest BCUT2D eigenvalue weighted by Crippen LogP contribution is -2.09. The number of benzene rings is 2. The van der Waals surface area contributed by atoms with Crippen LogP contribution in [0, 0.1) is 0 Å². The Kier molecular flexibility index (Phi) is 3.87. The second-order valence-electron chi connectivity index (χ2n) is 6.71. The molecule has 4 rings (SSSR count). The molecule has 26 heavy (non-hydrogen) atoms. The summed E-state index contributed by atoms with van der Waals surface area (Å²) >= 11 is 0. The van der Waals surface area contributed by atoms with Gasteiger partial charge in [-0.2, -0.15) is 0 Å². The summed E-state index contributed by atoms with van der Waals surface area (Å²) in [5.74, 6) is 2.12. The van der Waals surface area contributed by atoms with Crippen molar-refractivity contribution >= 4 is 11.0 Å². The lowest BCUT2D eigenvalue weighted by Gasteiger charge is -2.13. The van der Waals surface area contributed by atoms with Crippen molar-refractivity contribution in [2.45, 2.75) is 33.1 Å². The van der Waals surface area contributed by atoms with Crippen molar-refractivity contribution in [3.05, 3.63) is 51.9 Å². The number of ether oxygens (including phenoxy) is 2. The average molecular weight is 352 g/mol. The van der Waals surface area contributed by atoms with Crippen molar-refractivity contribution in [1.82, 2.24) is 0 Å². The molecule has 0 spiro atoms. The Hall–Kier alpha value is -2.95. The third-order valence-electron chi connectivity index (χ3n) is 4.72. The zero-order chi connectivity index (χ0) is 18.4. The maximum absolute atomic E-state index is 13.3. The van der Waals surface area contributed by atoms with Crippen LogP contribution in [-0.2, 0) is 6.42 Å². The van der Waals surface area contributed by atoms with Crippen LogP contribution in [-0.4, -0.2) is 11.9 Å². The Morgan fingerprint density at radius 3 is 2.62 bits per heavy atom. The van der Waals surface area contributed by atoms with E-state index >= 15 is 0 Å². The van der Waals surface area contributed by atoms with Crippen LogP contribution in [0.2, 0.25) is 0 Å². The van der Waals surface area contributed by atoms with Crippen molar-refractivity contribution in [3.63, 3.8) is 0 Å². The molecule has 0 unspecified atom stereocenters. The summed E-state index contributed by atoms with van der Waals surface area (Å²) in [4.78, 5) is 13.3. The monoisotopic (exact) mass is 352 g/mol. The van der Waals surface area contributed by atoms with E-state index in [4.69, 9.17) is 13.9 Å². The van der Waals surface area contributed by atoms with Gasteiger partial charge in [0.15, 0.2) is 11.5 Å². The van der Waals surface area contributed by atoms with E-state index in [1.54, 1.807) is 12.1 Å². The van der Waals surface area contributed by atoms with Gasteiger partial charge in [0.2, 0.25) is 12.2 Å². The number of aromatic hydroxyl groups is 1. The zero-order valence-corrected chi connectivity index (χ0v) is 15.0. The highest BCUT2D eigenvalue weighted by Gasteiger charge is 2.21. The molecule has 1 aliphatic heterocycles. The summed E-state index contributed by atoms with van der Waals surface area (Å²) in [6.07, 6.45) is 0.557. The minimum atomic E-state index is -0.108. The molecule has 0 aliphatic carbocycles. The first kappa shape index (κ1) is 16.5. The van der Waals surface area contributed by atoms with Crippen molar-refractivity contribution in [3.8, 4) is 28.4 Å². The number of rotatable bonds is 3. The molecule has 1 N–H and O–H groups in total. The van der Waals surface area contributed by atoms with Gasteiger partial charge in [0, 0.05) is 12.5 Å². The van der Waals surface area contributed by atoms with E-state index in [2.05, 4.69) is 0 Å². The summed E-state index contributed by atoms with van der Waals surface area (Å²) in [6.45, 7) is 6.06. The second kappa shape index (κ2) is 6.09. The quantitative estimate of drug-likeness (QED) is 0.747. The van der Waals surface area contributed by atoms with Crippen LogP contribution < -0.4 is 14.9 Å². The summed E-state index contributed by atoms with van der Waals surface area (Å²) < 4.78 is 16.8. The molecule has 1 aromatic heterocycles. The average Bonchev–Trinajstić information content (AvgIpc) is 3.08. The lowest BCUT2D eigenvalue weighted by atomic mass is 9.96. The van der Waals surface area contributed by atoms with Gasteiger partial charge in [-0.1, -0.05) is 26.8 Å². The molecule has 2 aromatic carbocycles. The maximum atomic E-state index is 13.3. The molecule has 3 aromatic rings. The molecule has 0 fully saturated rings. The van der Waals surface area contributed by atoms with Crippen molar-refractivity contribution in [2.75, 3.05) is 6.79 Å². The number of hydrogen-bond donors (Lipinski definition) is 1. The Labute approximate surface area is 150 Å². The van der Waals surface area contributed by atoms with E-state index in [1.807, 2.05) is 32.9 Å². The first-order chi connectivity index (χ1) is 12.5. The number of fused-ring (bicyclic) bond motifs is 2. The molecule has 1 aliphatic rings. The molecule has 5 nitrogen and oxygen atoms in total. The molecular formula is C21H20O5. The van der Waals surface area contributed by atoms with Crippen LogP contribution in [0.1, 0.15) is 38.0 Å². The highest BCUT2D eigenvalue weighted by molar-refractivity contribution is 5.85. The molecule has 2 heterocycles. The highest BCUT2D eigenvalue weighted by atomic mass is 16.7. The maximum Gasteiger partial charge on any atom is 0.231 e. The van der Waals surface area contributed by atoms with Gasteiger partial charge in [-0.05, 0) is 35.2 Å². The number of phenols is 1. The fraction of sp³-hybridized carbons (Fsp3) is 0.286. The van der Waals surface area contributed by atoms with E-state index in [1.165, 1.54) is 6.07 Å². The van der Waals surface area contributed by atoms with Crippen LogP contribution in [0.3, 0.4) is 0 Å². The predicted octanol–water partition coefficient (Wildman–Crippen LogP) is 4.58. The summed E-state index contributed by atoms with van der Waals surface area (Å²) in [7, 11) is 0. The van der Waals surface area contributed by atoms with Gasteiger partial charge in [-0.3, -0.25) is 4.79 Å². The largest absolute Gasteiger partial charge is 0.508 e. The van der Waals surface area contributed by atoms with Gasteiger partial charge in [0.25, 0.3) is 0 Å². The van der Waals surface area contributed by atoms with E-state index < -0.39 is 0 Å². The number of phenolic OH excluding ortho intramolecular Hbond substituents is 1. The molecule has 0 bridgehead atoms. The second-order valence-corrected chi connectivity index (χ2v) is 6.71. The van der Waals surface area contributed by atoms with Crippen molar-refractivity contribution in [2.24, 2.45) is 0 Å². The van der Waals surface area contributed by atoms with Crippen LogP contribution in [0.15, 0.2) is 39.5 Å². The molecule has 0 saturated carbocycles. The first-order valence-electron chi connectivity index (χ1n) is 8.72. The van der Waals surface area contributed by atoms with E-state index in [-0.39, 0.29) is 23.9 Å². The Morgan fingerprint density at radius 2 is 1.88 bits per heavy atom. The Balaban J connectivity index is 2.00. The normalized spacial score (nSPS) is 12.9. The Morgan fingerprint density at radius 1 is 1.12 bits per heavy atom. The number of hydrogen-bond acceptors (Lipinski definition) is 5. The van der Waals surface area contributed by atoms with Crippen molar-refractivity contribution < 1.29 is 19.0 Å². The van der Waals surface area contributed by atoms with Crippen LogP contribution in [0.25, 0.3) is 22.1 Å². The third-order valence-corrected chi connectivity index (χ3v) is 4.72. The fourth-order valence-electron chi connectivity index (χ4n) is 3.35. The SMILES string of the molecule is CCc1oc2cc(O)c(C(C)C)cc2c(=O)c1-c1ccc2c(c1)OCO2. The van der Waals surface area contributed by atoms with Gasteiger partial charge < -0.3 is 19.0 Å². The summed E-state index contributed by atoms with van der Waals surface area (Å²) in [5.41, 5.74) is 2.28. The van der Waals surface area contributed by atoms with Gasteiger partial charge in [-0.25, -0.2) is 0 Å². The topological polar surface area (TPSA) is 68.9 Å². The lowest BCUT2D eigenvalue weighted by molar-refractivity contribution is 0.174. The molecule has 134 valence electrons. The number of aryl methyl sites for hydroxylation is 1. The molecule has 5 heteroatoms. The summed E-state index contributed by atoms with van der Waals surface area (Å²) in [5, 5.41) is 10.7. The standard InChI is InChI=1S/C21H20O5/c1-4-16-20(12-5-6-17-19(7-12)25-10-24-17)21(23)14-8-13(11(2)3)15(22)9-18(14)26-16/h5-9,11,22H,4,10H2,1-3H3. The minimum Gasteiger partial charge on any atom is -0.508 e. The minimum absolute atomic E-state index is 0.0960. The summed E-state index contributed by atoms with van der Waals surface area (Å²) in [6, 6.07) is 8.72. The third kappa shape index (κ3) is 2.51. The molecular weight excluding hydrogens is 332 g/mol. The first-order valence-corrected chi connectivity index (χ1v) is 8.72. The molecule has 0 amide bonds. The molecule has 0 saturated heterocycles. The predicted molar refractivity (Wildman–Crippen MR) is 99.2 cm³/mol. The van der Waals surface area contributed by atoms with Crippen molar-refractivity contribution in [1.29, 1.82) is 0 Å². The molecule has 0 radical (unpaired) electrons. The Bertz CT molecular complexity index is 1060. The fourth-order valence-corrected chi connectivity index (χ4v) is 3.35.